The fraction of sp³-hybridized carbons (Fsp3) is 0.800. The van der Waals surface area contributed by atoms with E-state index in [4.69, 9.17) is 10.8 Å². The van der Waals surface area contributed by atoms with Gasteiger partial charge in [0.2, 0.25) is 0 Å². The Morgan fingerprint density at radius 2 is 2.56 bits per heavy atom. The predicted octanol–water partition coefficient (Wildman–Crippen LogP) is -0.697. The second kappa shape index (κ2) is 2.23. The minimum atomic E-state index is -0.508. The summed E-state index contributed by atoms with van der Waals surface area (Å²) in [6.45, 7) is 2.41. The van der Waals surface area contributed by atoms with Gasteiger partial charge in [0, 0.05) is 13.0 Å². The van der Waals surface area contributed by atoms with Crippen molar-refractivity contribution >= 4 is 5.84 Å². The van der Waals surface area contributed by atoms with Gasteiger partial charge in [-0.05, 0) is 6.92 Å². The number of aliphatic hydroxyl groups excluding tert-OH is 1. The molecule has 1 unspecified atom stereocenters. The molecule has 9 heavy (non-hydrogen) atoms. The van der Waals surface area contributed by atoms with Gasteiger partial charge in [-0.2, -0.15) is 5.10 Å². The molecule has 0 aliphatic carbocycles. The van der Waals surface area contributed by atoms with Crippen molar-refractivity contribution in [2.24, 2.45) is 10.8 Å². The van der Waals surface area contributed by atoms with Crippen LogP contribution in [0.25, 0.3) is 0 Å². The third-order valence-electron chi connectivity index (χ3n) is 1.29. The van der Waals surface area contributed by atoms with Gasteiger partial charge >= 0.3 is 0 Å². The van der Waals surface area contributed by atoms with Crippen molar-refractivity contribution in [1.82, 2.24) is 5.01 Å². The van der Waals surface area contributed by atoms with Crippen LogP contribution in [-0.2, 0) is 0 Å². The van der Waals surface area contributed by atoms with Gasteiger partial charge in [-0.15, -0.1) is 0 Å². The lowest BCUT2D eigenvalue weighted by Gasteiger charge is -2.15. The van der Waals surface area contributed by atoms with Gasteiger partial charge in [-0.25, -0.2) is 0 Å². The van der Waals surface area contributed by atoms with Crippen LogP contribution in [0.15, 0.2) is 5.10 Å². The molecule has 0 amide bonds. The van der Waals surface area contributed by atoms with Gasteiger partial charge < -0.3 is 10.8 Å². The summed E-state index contributed by atoms with van der Waals surface area (Å²) in [5.41, 5.74) is 5.36. The molecule has 0 aromatic rings. The minimum absolute atomic E-state index is 0.508. The standard InChI is InChI=1S/C5H11N3O/c1-4(9)8-3-2-5(6)7-8/h4,9H,2-3H2,1H3,(H2,6,7). The molecule has 3 N–H and O–H groups in total. The SMILES string of the molecule is CC(O)N1CCC(N)=N1. The lowest BCUT2D eigenvalue weighted by atomic mass is 10.4. The highest BCUT2D eigenvalue weighted by Crippen LogP contribution is 2.04. The lowest BCUT2D eigenvalue weighted by molar-refractivity contribution is 0.0291. The summed E-state index contributed by atoms with van der Waals surface area (Å²) >= 11 is 0. The van der Waals surface area contributed by atoms with Crippen molar-refractivity contribution in [3.05, 3.63) is 0 Å². The Morgan fingerprint density at radius 3 is 2.78 bits per heavy atom. The van der Waals surface area contributed by atoms with Crippen LogP contribution < -0.4 is 5.73 Å². The van der Waals surface area contributed by atoms with Crippen molar-refractivity contribution in [2.45, 2.75) is 19.6 Å². The van der Waals surface area contributed by atoms with E-state index in [2.05, 4.69) is 5.10 Å². The molecule has 1 atom stereocenters. The summed E-state index contributed by atoms with van der Waals surface area (Å²) < 4.78 is 0. The molecule has 4 heteroatoms. The molecule has 0 bridgehead atoms. The Morgan fingerprint density at radius 1 is 1.89 bits per heavy atom. The number of rotatable bonds is 1. The summed E-state index contributed by atoms with van der Waals surface area (Å²) in [5, 5.41) is 14.4. The number of hydrogen-bond donors (Lipinski definition) is 2. The highest BCUT2D eigenvalue weighted by molar-refractivity contribution is 5.81. The van der Waals surface area contributed by atoms with E-state index in [-0.39, 0.29) is 0 Å². The molecule has 0 aromatic carbocycles. The molecule has 1 aliphatic rings. The summed E-state index contributed by atoms with van der Waals surface area (Å²) in [6, 6.07) is 0. The number of aliphatic hydroxyl groups is 1. The molecule has 1 rings (SSSR count). The zero-order valence-electron chi connectivity index (χ0n) is 5.41. The van der Waals surface area contributed by atoms with Crippen molar-refractivity contribution < 1.29 is 5.11 Å². The molecule has 0 saturated carbocycles. The molecule has 4 nitrogen and oxygen atoms in total. The molecule has 0 fully saturated rings. The first-order valence-electron chi connectivity index (χ1n) is 2.98. The molecule has 0 saturated heterocycles. The highest BCUT2D eigenvalue weighted by Gasteiger charge is 2.14. The highest BCUT2D eigenvalue weighted by atomic mass is 16.3. The van der Waals surface area contributed by atoms with Gasteiger partial charge in [0.25, 0.3) is 0 Å². The van der Waals surface area contributed by atoms with Crippen LogP contribution in [0.5, 0.6) is 0 Å². The van der Waals surface area contributed by atoms with E-state index in [1.807, 2.05) is 0 Å². The maximum atomic E-state index is 8.93. The Balaban J connectivity index is 2.47. The van der Waals surface area contributed by atoms with Crippen molar-refractivity contribution in [3.63, 3.8) is 0 Å². The van der Waals surface area contributed by atoms with Crippen LogP contribution >= 0.6 is 0 Å². The second-order valence-corrected chi connectivity index (χ2v) is 2.14. The molecular weight excluding hydrogens is 118 g/mol. The fourth-order valence-electron chi connectivity index (χ4n) is 0.764. The monoisotopic (exact) mass is 129 g/mol. The van der Waals surface area contributed by atoms with Crippen molar-refractivity contribution in [2.75, 3.05) is 6.54 Å². The average molecular weight is 129 g/mol. The molecule has 0 spiro atoms. The van der Waals surface area contributed by atoms with Crippen LogP contribution in [0.1, 0.15) is 13.3 Å². The van der Waals surface area contributed by atoms with E-state index in [9.17, 15) is 0 Å². The number of nitrogens with zero attached hydrogens (tertiary/aromatic N) is 2. The Bertz CT molecular complexity index is 132. The van der Waals surface area contributed by atoms with Crippen LogP contribution in [0.3, 0.4) is 0 Å². The average Bonchev–Trinajstić information content (AvgIpc) is 2.14. The maximum absolute atomic E-state index is 8.93. The van der Waals surface area contributed by atoms with E-state index in [1.165, 1.54) is 0 Å². The third kappa shape index (κ3) is 1.32. The zero-order valence-corrected chi connectivity index (χ0v) is 5.41. The summed E-state index contributed by atoms with van der Waals surface area (Å²) in [5.74, 6) is 0.607. The number of hydrazone groups is 1. The normalized spacial score (nSPS) is 22.0. The largest absolute Gasteiger partial charge is 0.386 e. The van der Waals surface area contributed by atoms with Crippen LogP contribution in [0, 0.1) is 0 Å². The summed E-state index contributed by atoms with van der Waals surface area (Å²) in [4.78, 5) is 0. The summed E-state index contributed by atoms with van der Waals surface area (Å²) in [7, 11) is 0. The maximum Gasteiger partial charge on any atom is 0.139 e. The van der Waals surface area contributed by atoms with Gasteiger partial charge in [0.05, 0.1) is 0 Å². The van der Waals surface area contributed by atoms with Crippen molar-refractivity contribution in [3.8, 4) is 0 Å². The topological polar surface area (TPSA) is 61.8 Å². The number of hydrogen-bond acceptors (Lipinski definition) is 4. The quantitative estimate of drug-likeness (QED) is 0.492. The first-order valence-corrected chi connectivity index (χ1v) is 2.98. The fourth-order valence-corrected chi connectivity index (χ4v) is 0.764. The third-order valence-corrected chi connectivity index (χ3v) is 1.29. The van der Waals surface area contributed by atoms with Gasteiger partial charge in [-0.3, -0.25) is 5.01 Å². The Labute approximate surface area is 54.0 Å². The Hall–Kier alpha value is -0.770. The van der Waals surface area contributed by atoms with E-state index in [0.717, 1.165) is 13.0 Å². The first kappa shape index (κ1) is 6.35. The molecule has 1 aliphatic heterocycles. The number of nitrogens with two attached hydrogens (primary N) is 1. The molecule has 0 aromatic heterocycles. The van der Waals surface area contributed by atoms with Gasteiger partial charge in [0.1, 0.15) is 12.1 Å². The van der Waals surface area contributed by atoms with Crippen LogP contribution in [0.2, 0.25) is 0 Å². The van der Waals surface area contributed by atoms with Crippen LogP contribution in [0.4, 0.5) is 0 Å². The Kier molecular flexibility index (Phi) is 1.57. The minimum Gasteiger partial charge on any atom is -0.386 e. The zero-order chi connectivity index (χ0) is 6.85. The van der Waals surface area contributed by atoms with Gasteiger partial charge in [-0.1, -0.05) is 0 Å². The van der Waals surface area contributed by atoms with E-state index in [1.54, 1.807) is 11.9 Å². The van der Waals surface area contributed by atoms with Gasteiger partial charge in [0.15, 0.2) is 0 Å². The smallest absolute Gasteiger partial charge is 0.139 e. The molecular formula is C5H11N3O. The number of amidine groups is 1. The van der Waals surface area contributed by atoms with Crippen LogP contribution in [-0.4, -0.2) is 28.7 Å². The summed E-state index contributed by atoms with van der Waals surface area (Å²) in [6.07, 6.45) is 0.260. The first-order chi connectivity index (χ1) is 4.20. The second-order valence-electron chi connectivity index (χ2n) is 2.14. The van der Waals surface area contributed by atoms with E-state index in [0.29, 0.717) is 5.84 Å². The van der Waals surface area contributed by atoms with E-state index < -0.39 is 6.23 Å². The predicted molar refractivity (Wildman–Crippen MR) is 34.6 cm³/mol. The molecule has 0 radical (unpaired) electrons. The van der Waals surface area contributed by atoms with Crippen molar-refractivity contribution in [1.29, 1.82) is 0 Å². The van der Waals surface area contributed by atoms with E-state index >= 15 is 0 Å². The molecule has 52 valence electrons. The molecule has 1 heterocycles. The lowest BCUT2D eigenvalue weighted by Crippen LogP contribution is -2.25.